The second kappa shape index (κ2) is 7.41. The maximum atomic E-state index is 5.64. The Morgan fingerprint density at radius 1 is 1.06 bits per heavy atom. The van der Waals surface area contributed by atoms with E-state index in [1.54, 1.807) is 12.5 Å². The monoisotopic (exact) mass is 238 g/mol. The van der Waals surface area contributed by atoms with Crippen LogP contribution in [-0.2, 0) is 9.47 Å². The summed E-state index contributed by atoms with van der Waals surface area (Å²) >= 11 is 0. The Hall–Kier alpha value is -0.920. The molecule has 0 spiro atoms. The van der Waals surface area contributed by atoms with Crippen molar-refractivity contribution in [3.05, 3.63) is 24.7 Å². The van der Waals surface area contributed by atoms with Gasteiger partial charge in [-0.2, -0.15) is 0 Å². The van der Waals surface area contributed by atoms with Crippen LogP contribution in [0.4, 0.5) is 0 Å². The minimum absolute atomic E-state index is 0.192. The van der Waals surface area contributed by atoms with E-state index < -0.39 is 0 Å². The molecular formula is C15H26O2. The van der Waals surface area contributed by atoms with Gasteiger partial charge in [0.15, 0.2) is 0 Å². The van der Waals surface area contributed by atoms with Gasteiger partial charge >= 0.3 is 0 Å². The van der Waals surface area contributed by atoms with Crippen LogP contribution < -0.4 is 0 Å². The lowest BCUT2D eigenvalue weighted by molar-refractivity contribution is -0.0274. The molecule has 0 heterocycles. The molecular weight excluding hydrogens is 212 g/mol. The topological polar surface area (TPSA) is 18.5 Å². The number of allylic oxidation sites excluding steroid dienone is 2. The van der Waals surface area contributed by atoms with Gasteiger partial charge in [-0.05, 0) is 32.6 Å². The largest absolute Gasteiger partial charge is 0.501 e. The highest BCUT2D eigenvalue weighted by Gasteiger charge is 2.39. The Balaban J connectivity index is 2.60. The molecule has 2 nitrogen and oxygen atoms in total. The lowest BCUT2D eigenvalue weighted by Gasteiger charge is -2.41. The smallest absolute Gasteiger partial charge is 0.0964 e. The molecule has 98 valence electrons. The van der Waals surface area contributed by atoms with Crippen molar-refractivity contribution in [2.45, 2.75) is 46.5 Å². The zero-order chi connectivity index (χ0) is 12.6. The maximum Gasteiger partial charge on any atom is 0.0964 e. The molecule has 0 aromatic carbocycles. The van der Waals surface area contributed by atoms with Crippen LogP contribution in [0.2, 0.25) is 0 Å². The first-order chi connectivity index (χ1) is 8.25. The second-order valence-electron chi connectivity index (χ2n) is 5.07. The van der Waals surface area contributed by atoms with Gasteiger partial charge in [-0.1, -0.05) is 31.9 Å². The summed E-state index contributed by atoms with van der Waals surface area (Å²) in [6.45, 7) is 7.84. The fraction of sp³-hybridized carbons (Fsp3) is 0.733. The predicted molar refractivity (Wildman–Crippen MR) is 71.6 cm³/mol. The van der Waals surface area contributed by atoms with Gasteiger partial charge < -0.3 is 9.47 Å². The highest BCUT2D eigenvalue weighted by atomic mass is 16.5. The van der Waals surface area contributed by atoms with Crippen LogP contribution in [0.5, 0.6) is 0 Å². The minimum atomic E-state index is 0.192. The van der Waals surface area contributed by atoms with Crippen LogP contribution in [-0.4, -0.2) is 13.2 Å². The number of ether oxygens (including phenoxy) is 2. The minimum Gasteiger partial charge on any atom is -0.501 e. The van der Waals surface area contributed by atoms with E-state index in [-0.39, 0.29) is 5.41 Å². The summed E-state index contributed by atoms with van der Waals surface area (Å²) in [4.78, 5) is 0. The first-order valence-corrected chi connectivity index (χ1v) is 6.71. The van der Waals surface area contributed by atoms with Crippen molar-refractivity contribution in [1.29, 1.82) is 0 Å². The third kappa shape index (κ3) is 4.10. The molecule has 1 unspecified atom stereocenters. The average molecular weight is 238 g/mol. The molecule has 1 fully saturated rings. The van der Waals surface area contributed by atoms with Gasteiger partial charge in [0.2, 0.25) is 0 Å². The third-order valence-corrected chi connectivity index (χ3v) is 3.81. The molecule has 1 atom stereocenters. The summed E-state index contributed by atoms with van der Waals surface area (Å²) < 4.78 is 11.3. The molecule has 1 aliphatic carbocycles. The molecule has 0 saturated heterocycles. The molecule has 0 aromatic rings. The average Bonchev–Trinajstić information content (AvgIpc) is 2.33. The van der Waals surface area contributed by atoms with Crippen LogP contribution >= 0.6 is 0 Å². The van der Waals surface area contributed by atoms with Crippen molar-refractivity contribution in [3.8, 4) is 0 Å². The maximum absolute atomic E-state index is 5.64. The van der Waals surface area contributed by atoms with Crippen molar-refractivity contribution in [2.24, 2.45) is 11.3 Å². The van der Waals surface area contributed by atoms with Crippen molar-refractivity contribution < 1.29 is 9.47 Å². The van der Waals surface area contributed by atoms with Crippen LogP contribution in [0.15, 0.2) is 24.7 Å². The molecule has 0 radical (unpaired) electrons. The van der Waals surface area contributed by atoms with Gasteiger partial charge in [0.05, 0.1) is 25.7 Å². The Labute approximate surface area is 106 Å². The van der Waals surface area contributed by atoms with Gasteiger partial charge in [0, 0.05) is 5.41 Å². The lowest BCUT2D eigenvalue weighted by atomic mass is 9.68. The van der Waals surface area contributed by atoms with Gasteiger partial charge in [0.25, 0.3) is 0 Å². The van der Waals surface area contributed by atoms with Crippen LogP contribution in [0.25, 0.3) is 0 Å². The first kappa shape index (κ1) is 14.1. The van der Waals surface area contributed by atoms with E-state index in [1.807, 2.05) is 26.0 Å². The fourth-order valence-corrected chi connectivity index (χ4v) is 2.57. The van der Waals surface area contributed by atoms with E-state index in [2.05, 4.69) is 6.92 Å². The van der Waals surface area contributed by atoms with E-state index in [1.165, 1.54) is 25.7 Å². The predicted octanol–water partition coefficient (Wildman–Crippen LogP) is 4.28. The molecule has 0 aliphatic heterocycles. The third-order valence-electron chi connectivity index (χ3n) is 3.81. The van der Waals surface area contributed by atoms with E-state index in [4.69, 9.17) is 9.47 Å². The summed E-state index contributed by atoms with van der Waals surface area (Å²) in [5, 5.41) is 0. The zero-order valence-electron chi connectivity index (χ0n) is 11.4. The Bertz CT molecular complexity index is 240. The van der Waals surface area contributed by atoms with E-state index in [0.29, 0.717) is 5.92 Å². The Morgan fingerprint density at radius 2 is 1.65 bits per heavy atom. The Morgan fingerprint density at radius 3 is 2.12 bits per heavy atom. The van der Waals surface area contributed by atoms with Gasteiger partial charge in [-0.15, -0.1) is 0 Å². The second-order valence-corrected chi connectivity index (χ2v) is 5.07. The van der Waals surface area contributed by atoms with Crippen LogP contribution in [0, 0.1) is 11.3 Å². The Kier molecular flexibility index (Phi) is 6.17. The highest BCUT2D eigenvalue weighted by molar-refractivity contribution is 4.89. The zero-order valence-corrected chi connectivity index (χ0v) is 11.4. The van der Waals surface area contributed by atoms with Gasteiger partial charge in [0.1, 0.15) is 0 Å². The SMILES string of the molecule is CC=COCC1(COC=CC)CCCCC1C. The molecule has 0 aromatic heterocycles. The normalized spacial score (nSPS) is 29.9. The first-order valence-electron chi connectivity index (χ1n) is 6.71. The highest BCUT2D eigenvalue weighted by Crippen LogP contribution is 2.41. The lowest BCUT2D eigenvalue weighted by Crippen LogP contribution is -2.40. The molecule has 1 rings (SSSR count). The van der Waals surface area contributed by atoms with Crippen LogP contribution in [0.1, 0.15) is 46.5 Å². The number of hydrogen-bond acceptors (Lipinski definition) is 2. The van der Waals surface area contributed by atoms with Gasteiger partial charge in [-0.25, -0.2) is 0 Å². The molecule has 0 N–H and O–H groups in total. The molecule has 0 amide bonds. The van der Waals surface area contributed by atoms with E-state index >= 15 is 0 Å². The van der Waals surface area contributed by atoms with E-state index in [9.17, 15) is 0 Å². The summed E-state index contributed by atoms with van der Waals surface area (Å²) in [6, 6.07) is 0. The quantitative estimate of drug-likeness (QED) is 0.643. The van der Waals surface area contributed by atoms with Gasteiger partial charge in [-0.3, -0.25) is 0 Å². The standard InChI is InChI=1S/C15H26O2/c1-4-10-16-12-15(13-17-11-5-2)9-7-6-8-14(15)3/h4-5,10-11,14H,6-9,12-13H2,1-3H3. The summed E-state index contributed by atoms with van der Waals surface area (Å²) in [5.41, 5.74) is 0.192. The van der Waals surface area contributed by atoms with Crippen molar-refractivity contribution in [1.82, 2.24) is 0 Å². The van der Waals surface area contributed by atoms with E-state index in [0.717, 1.165) is 13.2 Å². The van der Waals surface area contributed by atoms with Crippen LogP contribution in [0.3, 0.4) is 0 Å². The molecule has 0 bridgehead atoms. The molecule has 2 heteroatoms. The summed E-state index contributed by atoms with van der Waals surface area (Å²) in [7, 11) is 0. The van der Waals surface area contributed by atoms with Crippen molar-refractivity contribution >= 4 is 0 Å². The summed E-state index contributed by atoms with van der Waals surface area (Å²) in [6.07, 6.45) is 12.6. The molecule has 1 aliphatic rings. The molecule has 17 heavy (non-hydrogen) atoms. The fourth-order valence-electron chi connectivity index (χ4n) is 2.57. The van der Waals surface area contributed by atoms with Crippen molar-refractivity contribution in [2.75, 3.05) is 13.2 Å². The molecule has 1 saturated carbocycles. The number of rotatable bonds is 6. The summed E-state index contributed by atoms with van der Waals surface area (Å²) in [5.74, 6) is 0.673. The van der Waals surface area contributed by atoms with Crippen molar-refractivity contribution in [3.63, 3.8) is 0 Å². The number of hydrogen-bond donors (Lipinski definition) is 0.